The van der Waals surface area contributed by atoms with Crippen molar-refractivity contribution in [3.05, 3.63) is 82.1 Å². The van der Waals surface area contributed by atoms with Gasteiger partial charge >= 0.3 is 0 Å². The highest BCUT2D eigenvalue weighted by Crippen LogP contribution is 2.48. The number of anilines is 1. The molecule has 1 aliphatic heterocycles. The van der Waals surface area contributed by atoms with E-state index in [1.807, 2.05) is 0 Å². The van der Waals surface area contributed by atoms with Gasteiger partial charge in [-0.05, 0) is 83.1 Å². The molecule has 40 heavy (non-hydrogen) atoms. The van der Waals surface area contributed by atoms with E-state index in [4.69, 9.17) is 5.73 Å². The summed E-state index contributed by atoms with van der Waals surface area (Å²) in [6, 6.07) is 12.4. The van der Waals surface area contributed by atoms with Crippen LogP contribution in [0.3, 0.4) is 0 Å². The number of primary amides is 1. The number of piperidine rings is 1. The number of carbonyl (C=O) groups excluding carboxylic acids is 3. The monoisotopic (exact) mass is 601 g/mol. The van der Waals surface area contributed by atoms with Gasteiger partial charge in [0.25, 0.3) is 5.91 Å². The van der Waals surface area contributed by atoms with Crippen LogP contribution in [0.1, 0.15) is 34.6 Å². The zero-order valence-corrected chi connectivity index (χ0v) is 22.4. The van der Waals surface area contributed by atoms with Crippen molar-refractivity contribution in [2.75, 3.05) is 5.32 Å². The van der Waals surface area contributed by atoms with E-state index >= 15 is 0 Å². The minimum atomic E-state index is -0.747. The Balaban J connectivity index is 1.24. The standard InChI is InChI=1S/C28H21BrFN7O3/c29-23-2-1-3-24(33-23)34-28(40)22-12-16-11-21(16)37(22)25(38)14-36-20-9-5-15(10-19(20)26(35-36)27(31)39)4-7-18-8-6-17(30)13-32-18/h1-3,5-6,8-10,13,16,21-22H,11-12,14H2,(H2,31,39)(H,33,34,40)/t16-,21-,22+/m1/s1. The SMILES string of the molecule is NC(=O)c1nn(CC(=O)N2[C@@H]3C[C@@H]3C[C@H]2C(=O)Nc2cccc(Br)n2)c2ccc(C#Cc3ccc(F)cn3)cc12. The van der Waals surface area contributed by atoms with Gasteiger partial charge in [0.15, 0.2) is 5.69 Å². The molecular formula is C28H21BrFN7O3. The van der Waals surface area contributed by atoms with Crippen molar-refractivity contribution >= 4 is 50.4 Å². The molecule has 6 rings (SSSR count). The van der Waals surface area contributed by atoms with Gasteiger partial charge in [-0.1, -0.05) is 12.0 Å². The van der Waals surface area contributed by atoms with Gasteiger partial charge < -0.3 is 16.0 Å². The number of nitrogens with two attached hydrogens (primary N) is 1. The Morgan fingerprint density at radius 2 is 1.98 bits per heavy atom. The fourth-order valence-corrected chi connectivity index (χ4v) is 5.44. The third-order valence-electron chi connectivity index (χ3n) is 6.99. The highest BCUT2D eigenvalue weighted by molar-refractivity contribution is 9.10. The summed E-state index contributed by atoms with van der Waals surface area (Å²) < 4.78 is 15.1. The van der Waals surface area contributed by atoms with Crippen LogP contribution >= 0.6 is 15.9 Å². The van der Waals surface area contributed by atoms with Gasteiger partial charge in [0.1, 0.15) is 34.5 Å². The maximum atomic E-state index is 13.5. The first-order chi connectivity index (χ1) is 19.3. The lowest BCUT2D eigenvalue weighted by Gasteiger charge is -2.26. The minimum absolute atomic E-state index is 0.00176. The molecule has 0 spiro atoms. The number of rotatable bonds is 5. The van der Waals surface area contributed by atoms with E-state index in [9.17, 15) is 18.8 Å². The smallest absolute Gasteiger partial charge is 0.269 e. The maximum Gasteiger partial charge on any atom is 0.269 e. The third kappa shape index (κ3) is 5.03. The first kappa shape index (κ1) is 25.6. The van der Waals surface area contributed by atoms with Crippen LogP contribution in [0.4, 0.5) is 10.2 Å². The number of amides is 3. The van der Waals surface area contributed by atoms with Gasteiger partial charge in [0, 0.05) is 17.0 Å². The van der Waals surface area contributed by atoms with Gasteiger partial charge in [0.05, 0.1) is 11.7 Å². The normalized spacial score (nSPS) is 19.1. The predicted molar refractivity (Wildman–Crippen MR) is 146 cm³/mol. The molecule has 1 aromatic carbocycles. The molecule has 2 aliphatic rings. The largest absolute Gasteiger partial charge is 0.364 e. The first-order valence-electron chi connectivity index (χ1n) is 12.5. The Bertz CT molecular complexity index is 1740. The molecule has 12 heteroatoms. The zero-order valence-electron chi connectivity index (χ0n) is 20.8. The molecule has 1 saturated carbocycles. The molecule has 1 aliphatic carbocycles. The van der Waals surface area contributed by atoms with Crippen LogP contribution in [0.15, 0.2) is 59.3 Å². The first-order valence-corrected chi connectivity index (χ1v) is 13.2. The number of carbonyl (C=O) groups is 3. The van der Waals surface area contributed by atoms with Crippen LogP contribution < -0.4 is 11.1 Å². The molecule has 3 amide bonds. The molecule has 0 unspecified atom stereocenters. The fraction of sp³-hybridized carbons (Fsp3) is 0.214. The molecule has 0 bridgehead atoms. The Labute approximate surface area is 235 Å². The Morgan fingerprint density at radius 1 is 1.12 bits per heavy atom. The van der Waals surface area contributed by atoms with Crippen molar-refractivity contribution in [3.63, 3.8) is 0 Å². The Kier molecular flexibility index (Phi) is 6.51. The number of likely N-dealkylation sites (tertiary alicyclic amines) is 1. The Hall–Kier alpha value is -4.63. The summed E-state index contributed by atoms with van der Waals surface area (Å²) in [7, 11) is 0. The van der Waals surface area contributed by atoms with Crippen LogP contribution in [-0.4, -0.2) is 54.5 Å². The number of benzene rings is 1. The molecule has 200 valence electrons. The van der Waals surface area contributed by atoms with E-state index in [0.717, 1.165) is 12.6 Å². The highest BCUT2D eigenvalue weighted by Gasteiger charge is 2.56. The molecule has 0 radical (unpaired) electrons. The second kappa shape index (κ2) is 10.2. The number of nitrogens with one attached hydrogen (secondary N) is 1. The van der Waals surface area contributed by atoms with Gasteiger partial charge in [-0.2, -0.15) is 5.10 Å². The van der Waals surface area contributed by atoms with Crippen molar-refractivity contribution in [1.82, 2.24) is 24.6 Å². The van der Waals surface area contributed by atoms with Crippen LogP contribution in [0, 0.1) is 23.6 Å². The van der Waals surface area contributed by atoms with E-state index in [-0.39, 0.29) is 36.0 Å². The van der Waals surface area contributed by atoms with E-state index in [1.54, 1.807) is 41.3 Å². The third-order valence-corrected chi connectivity index (χ3v) is 7.43. The van der Waals surface area contributed by atoms with Gasteiger partial charge in [0.2, 0.25) is 11.8 Å². The number of hydrogen-bond acceptors (Lipinski definition) is 6. The maximum absolute atomic E-state index is 13.5. The van der Waals surface area contributed by atoms with Crippen LogP contribution in [0.25, 0.3) is 10.9 Å². The average Bonchev–Trinajstić information content (AvgIpc) is 3.43. The van der Waals surface area contributed by atoms with E-state index < -0.39 is 17.8 Å². The number of hydrogen-bond donors (Lipinski definition) is 2. The topological polar surface area (TPSA) is 136 Å². The number of halogens is 2. The predicted octanol–water partition coefficient (Wildman–Crippen LogP) is 2.85. The number of pyridine rings is 2. The van der Waals surface area contributed by atoms with E-state index in [0.29, 0.717) is 39.0 Å². The molecule has 4 aromatic rings. The molecule has 10 nitrogen and oxygen atoms in total. The zero-order chi connectivity index (χ0) is 28.0. The molecular weight excluding hydrogens is 581 g/mol. The summed E-state index contributed by atoms with van der Waals surface area (Å²) >= 11 is 3.29. The molecule has 3 aromatic heterocycles. The number of fused-ring (bicyclic) bond motifs is 2. The van der Waals surface area contributed by atoms with Crippen molar-refractivity contribution in [3.8, 4) is 11.8 Å². The summed E-state index contributed by atoms with van der Waals surface area (Å²) in [5, 5.41) is 7.58. The van der Waals surface area contributed by atoms with Crippen molar-refractivity contribution in [2.24, 2.45) is 11.7 Å². The van der Waals surface area contributed by atoms with Crippen molar-refractivity contribution in [1.29, 1.82) is 0 Å². The lowest BCUT2D eigenvalue weighted by Crippen LogP contribution is -2.46. The highest BCUT2D eigenvalue weighted by atomic mass is 79.9. The minimum Gasteiger partial charge on any atom is -0.364 e. The van der Waals surface area contributed by atoms with Gasteiger partial charge in [-0.3, -0.25) is 19.1 Å². The molecule has 4 heterocycles. The van der Waals surface area contributed by atoms with Gasteiger partial charge in [-0.15, -0.1) is 0 Å². The molecule has 1 saturated heterocycles. The van der Waals surface area contributed by atoms with Crippen LogP contribution in [0.2, 0.25) is 0 Å². The quantitative estimate of drug-likeness (QED) is 0.267. The van der Waals surface area contributed by atoms with Crippen molar-refractivity contribution in [2.45, 2.75) is 31.5 Å². The van der Waals surface area contributed by atoms with Crippen molar-refractivity contribution < 1.29 is 18.8 Å². The number of aromatic nitrogens is 4. The molecule has 2 fully saturated rings. The van der Waals surface area contributed by atoms with Crippen LogP contribution in [0.5, 0.6) is 0 Å². The lowest BCUT2D eigenvalue weighted by atomic mass is 10.1. The van der Waals surface area contributed by atoms with E-state index in [2.05, 4.69) is 48.2 Å². The second-order valence-corrected chi connectivity index (χ2v) is 10.5. The average molecular weight is 602 g/mol. The van der Waals surface area contributed by atoms with E-state index in [1.165, 1.54) is 16.8 Å². The van der Waals surface area contributed by atoms with Crippen LogP contribution in [-0.2, 0) is 16.1 Å². The summed E-state index contributed by atoms with van der Waals surface area (Å²) in [6.45, 7) is -0.170. The summed E-state index contributed by atoms with van der Waals surface area (Å²) in [5.74, 6) is 4.67. The van der Waals surface area contributed by atoms with Gasteiger partial charge in [-0.25, -0.2) is 14.4 Å². The summed E-state index contributed by atoms with van der Waals surface area (Å²) in [4.78, 5) is 48.6. The number of nitrogens with zero attached hydrogens (tertiary/aromatic N) is 5. The second-order valence-electron chi connectivity index (χ2n) is 9.66. The lowest BCUT2D eigenvalue weighted by molar-refractivity contribution is -0.138. The molecule has 3 N–H and O–H groups in total. The summed E-state index contributed by atoms with van der Waals surface area (Å²) in [5.41, 5.74) is 7.07. The molecule has 3 atom stereocenters. The fourth-order valence-electron chi connectivity index (χ4n) is 5.09. The Morgan fingerprint density at radius 3 is 2.73 bits per heavy atom. The summed E-state index contributed by atoms with van der Waals surface area (Å²) in [6.07, 6.45) is 2.50.